The van der Waals surface area contributed by atoms with E-state index >= 15 is 0 Å². The summed E-state index contributed by atoms with van der Waals surface area (Å²) in [6.45, 7) is 0. The van der Waals surface area contributed by atoms with E-state index in [1.54, 1.807) is 12.1 Å². The number of rotatable bonds is 3. The van der Waals surface area contributed by atoms with Gasteiger partial charge in [-0.3, -0.25) is 0 Å². The smallest absolute Gasteiger partial charge is 0.141 e. The minimum absolute atomic E-state index is 0.168. The number of nitrogens with zero attached hydrogens (tertiary/aromatic N) is 1. The average Bonchev–Trinajstić information content (AvgIpc) is 2.34. The molecule has 2 nitrogen and oxygen atoms in total. The van der Waals surface area contributed by atoms with Crippen LogP contribution >= 0.6 is 11.6 Å². The minimum atomic E-state index is -0.374. The largest absolute Gasteiger partial charge is 0.381 e. The molecular formula is C14H19ClFN2. The van der Waals surface area contributed by atoms with Gasteiger partial charge in [0.1, 0.15) is 5.82 Å². The van der Waals surface area contributed by atoms with E-state index in [1.165, 1.54) is 6.07 Å². The number of hydrogen-bond donors (Lipinski definition) is 1. The van der Waals surface area contributed by atoms with Crippen LogP contribution in [0.15, 0.2) is 18.2 Å². The number of anilines is 1. The van der Waals surface area contributed by atoms with Gasteiger partial charge in [0.2, 0.25) is 0 Å². The molecular weight excluding hydrogens is 251 g/mol. The molecule has 1 aromatic carbocycles. The summed E-state index contributed by atoms with van der Waals surface area (Å²) in [6, 6.07) is 5.65. The maximum absolute atomic E-state index is 13.1. The third-order valence-electron chi connectivity index (χ3n) is 3.49. The van der Waals surface area contributed by atoms with Crippen molar-refractivity contribution in [3.05, 3.63) is 35.5 Å². The lowest BCUT2D eigenvalue weighted by atomic mass is 9.89. The first-order valence-corrected chi connectivity index (χ1v) is 6.65. The van der Waals surface area contributed by atoms with Crippen molar-refractivity contribution in [2.75, 3.05) is 19.4 Å². The SMILES string of the molecule is CN(C)C1CC[CH]CC1Nc1ccc(F)c(Cl)c1. The van der Waals surface area contributed by atoms with Gasteiger partial charge in [0.05, 0.1) is 5.02 Å². The third-order valence-corrected chi connectivity index (χ3v) is 3.78. The van der Waals surface area contributed by atoms with E-state index in [4.69, 9.17) is 11.6 Å². The van der Waals surface area contributed by atoms with Crippen LogP contribution in [0.2, 0.25) is 5.02 Å². The van der Waals surface area contributed by atoms with Crippen molar-refractivity contribution in [3.8, 4) is 0 Å². The van der Waals surface area contributed by atoms with Crippen molar-refractivity contribution in [2.45, 2.75) is 31.3 Å². The van der Waals surface area contributed by atoms with Gasteiger partial charge in [0, 0.05) is 17.8 Å². The maximum Gasteiger partial charge on any atom is 0.141 e. The second-order valence-electron chi connectivity index (χ2n) is 5.01. The molecule has 99 valence electrons. The Balaban J connectivity index is 2.08. The Morgan fingerprint density at radius 2 is 2.17 bits per heavy atom. The first kappa shape index (κ1) is 13.6. The van der Waals surface area contributed by atoms with Gasteiger partial charge in [-0.2, -0.15) is 0 Å². The Labute approximate surface area is 113 Å². The fourth-order valence-corrected chi connectivity index (χ4v) is 2.70. The zero-order chi connectivity index (χ0) is 13.1. The van der Waals surface area contributed by atoms with E-state index in [0.717, 1.165) is 24.9 Å². The second-order valence-corrected chi connectivity index (χ2v) is 5.42. The number of hydrogen-bond acceptors (Lipinski definition) is 2. The van der Waals surface area contributed by atoms with Gasteiger partial charge in [0.15, 0.2) is 0 Å². The summed E-state index contributed by atoms with van der Waals surface area (Å²) >= 11 is 5.80. The summed E-state index contributed by atoms with van der Waals surface area (Å²) in [4.78, 5) is 2.25. The van der Waals surface area contributed by atoms with E-state index in [-0.39, 0.29) is 10.8 Å². The van der Waals surface area contributed by atoms with Gasteiger partial charge >= 0.3 is 0 Å². The lowest BCUT2D eigenvalue weighted by molar-refractivity contribution is 0.230. The number of benzene rings is 1. The van der Waals surface area contributed by atoms with E-state index in [1.807, 2.05) is 0 Å². The minimum Gasteiger partial charge on any atom is -0.381 e. The van der Waals surface area contributed by atoms with Gasteiger partial charge in [-0.05, 0) is 58.0 Å². The summed E-state index contributed by atoms with van der Waals surface area (Å²) in [5.74, 6) is -0.374. The Morgan fingerprint density at radius 3 is 2.83 bits per heavy atom. The highest BCUT2D eigenvalue weighted by atomic mass is 35.5. The maximum atomic E-state index is 13.1. The molecule has 0 aliphatic heterocycles. The summed E-state index contributed by atoms with van der Waals surface area (Å²) in [5, 5.41) is 3.62. The van der Waals surface area contributed by atoms with Crippen LogP contribution in [-0.4, -0.2) is 31.1 Å². The summed E-state index contributed by atoms with van der Waals surface area (Å²) in [7, 11) is 4.20. The Morgan fingerprint density at radius 1 is 1.39 bits per heavy atom. The summed E-state index contributed by atoms with van der Waals surface area (Å²) in [5.41, 5.74) is 0.883. The Kier molecular flexibility index (Phi) is 4.46. The predicted octanol–water partition coefficient (Wildman–Crippen LogP) is 3.58. The normalized spacial score (nSPS) is 24.3. The Hall–Kier alpha value is -0.800. The van der Waals surface area contributed by atoms with E-state index in [2.05, 4.69) is 30.7 Å². The second kappa shape index (κ2) is 5.89. The molecule has 4 heteroatoms. The highest BCUT2D eigenvalue weighted by Gasteiger charge is 2.26. The predicted molar refractivity (Wildman–Crippen MR) is 74.4 cm³/mol. The summed E-state index contributed by atoms with van der Waals surface area (Å²) < 4.78 is 13.1. The van der Waals surface area contributed by atoms with Crippen LogP contribution in [0.3, 0.4) is 0 Å². The lowest BCUT2D eigenvalue weighted by Crippen LogP contribution is -2.45. The molecule has 0 aromatic heterocycles. The van der Waals surface area contributed by atoms with Crippen LogP contribution in [0.5, 0.6) is 0 Å². The molecule has 1 aromatic rings. The molecule has 2 atom stereocenters. The third kappa shape index (κ3) is 3.15. The highest BCUT2D eigenvalue weighted by Crippen LogP contribution is 2.26. The first-order chi connectivity index (χ1) is 8.58. The van der Waals surface area contributed by atoms with Crippen molar-refractivity contribution in [3.63, 3.8) is 0 Å². The fourth-order valence-electron chi connectivity index (χ4n) is 2.52. The topological polar surface area (TPSA) is 15.3 Å². The molecule has 2 rings (SSSR count). The van der Waals surface area contributed by atoms with E-state index in [0.29, 0.717) is 12.1 Å². The van der Waals surface area contributed by atoms with Crippen LogP contribution in [-0.2, 0) is 0 Å². The average molecular weight is 270 g/mol. The molecule has 1 saturated carbocycles. The van der Waals surface area contributed by atoms with Crippen molar-refractivity contribution in [2.24, 2.45) is 0 Å². The molecule has 1 N–H and O–H groups in total. The molecule has 0 heterocycles. The molecule has 1 aliphatic rings. The molecule has 0 spiro atoms. The van der Waals surface area contributed by atoms with E-state index in [9.17, 15) is 4.39 Å². The summed E-state index contributed by atoms with van der Waals surface area (Å²) in [6.07, 6.45) is 5.64. The standard InChI is InChI=1S/C14H19ClFN2/c1-18(2)14-6-4-3-5-13(14)17-10-7-8-12(16)11(15)9-10/h3,7-9,13-14,17H,4-6H2,1-2H3. The van der Waals surface area contributed by atoms with Gasteiger partial charge in [-0.15, -0.1) is 0 Å². The molecule has 1 fully saturated rings. The monoisotopic (exact) mass is 269 g/mol. The van der Waals surface area contributed by atoms with Gasteiger partial charge in [-0.25, -0.2) is 4.39 Å². The van der Waals surface area contributed by atoms with Crippen LogP contribution in [0.4, 0.5) is 10.1 Å². The molecule has 18 heavy (non-hydrogen) atoms. The molecule has 2 unspecified atom stereocenters. The van der Waals surface area contributed by atoms with Gasteiger partial charge < -0.3 is 10.2 Å². The molecule has 0 amide bonds. The molecule has 0 saturated heterocycles. The van der Waals surface area contributed by atoms with Crippen molar-refractivity contribution in [1.82, 2.24) is 4.90 Å². The number of likely N-dealkylation sites (N-methyl/N-ethyl adjacent to an activating group) is 1. The molecule has 0 bridgehead atoms. The first-order valence-electron chi connectivity index (χ1n) is 6.27. The van der Waals surface area contributed by atoms with Crippen LogP contribution in [0, 0.1) is 12.2 Å². The lowest BCUT2D eigenvalue weighted by Gasteiger charge is -2.37. The van der Waals surface area contributed by atoms with Crippen molar-refractivity contribution >= 4 is 17.3 Å². The van der Waals surface area contributed by atoms with Gasteiger partial charge in [-0.1, -0.05) is 11.6 Å². The van der Waals surface area contributed by atoms with Crippen molar-refractivity contribution in [1.29, 1.82) is 0 Å². The fraction of sp³-hybridized carbons (Fsp3) is 0.500. The highest BCUT2D eigenvalue weighted by molar-refractivity contribution is 6.31. The zero-order valence-electron chi connectivity index (χ0n) is 10.8. The molecule has 1 radical (unpaired) electrons. The number of nitrogens with one attached hydrogen (secondary N) is 1. The van der Waals surface area contributed by atoms with Gasteiger partial charge in [0.25, 0.3) is 0 Å². The van der Waals surface area contributed by atoms with Crippen LogP contribution in [0.25, 0.3) is 0 Å². The zero-order valence-corrected chi connectivity index (χ0v) is 11.5. The quantitative estimate of drug-likeness (QED) is 0.902. The van der Waals surface area contributed by atoms with E-state index < -0.39 is 0 Å². The Bertz CT molecular complexity index is 409. The van der Waals surface area contributed by atoms with Crippen LogP contribution in [0.1, 0.15) is 19.3 Å². The van der Waals surface area contributed by atoms with Crippen LogP contribution < -0.4 is 5.32 Å². The molecule has 1 aliphatic carbocycles. The number of halogens is 2. The van der Waals surface area contributed by atoms with Crippen molar-refractivity contribution < 1.29 is 4.39 Å².